The van der Waals surface area contributed by atoms with Crippen LogP contribution < -0.4 is 0 Å². The van der Waals surface area contributed by atoms with Gasteiger partial charge in [0.1, 0.15) is 5.60 Å². The molecule has 138 valence electrons. The van der Waals surface area contributed by atoms with E-state index in [2.05, 4.69) is 13.0 Å². The Morgan fingerprint density at radius 3 is 2.42 bits per heavy atom. The van der Waals surface area contributed by atoms with E-state index in [9.17, 15) is 15.3 Å². The predicted molar refractivity (Wildman–Crippen MR) is 95.7 cm³/mol. The number of ether oxygens (including phenoxy) is 1. The second-order valence-electron chi connectivity index (χ2n) is 8.73. The highest BCUT2D eigenvalue weighted by atomic mass is 16.5. The van der Waals surface area contributed by atoms with E-state index in [1.807, 2.05) is 13.0 Å². The van der Waals surface area contributed by atoms with Gasteiger partial charge in [0.25, 0.3) is 0 Å². The molecular formula is C20H34O4. The van der Waals surface area contributed by atoms with Crippen molar-refractivity contribution < 1.29 is 20.1 Å². The molecule has 2 bridgehead atoms. The second-order valence-corrected chi connectivity index (χ2v) is 8.73. The van der Waals surface area contributed by atoms with Crippen LogP contribution in [-0.2, 0) is 4.74 Å². The van der Waals surface area contributed by atoms with Crippen LogP contribution in [0.15, 0.2) is 23.8 Å². The third-order valence-electron chi connectivity index (χ3n) is 5.74. The summed E-state index contributed by atoms with van der Waals surface area (Å²) in [7, 11) is 0. The Morgan fingerprint density at radius 2 is 1.79 bits per heavy atom. The average Bonchev–Trinajstić information content (AvgIpc) is 2.42. The van der Waals surface area contributed by atoms with Crippen molar-refractivity contribution in [3.05, 3.63) is 23.8 Å². The van der Waals surface area contributed by atoms with Crippen LogP contribution in [0.5, 0.6) is 0 Å². The first-order valence-corrected chi connectivity index (χ1v) is 9.08. The summed E-state index contributed by atoms with van der Waals surface area (Å²) < 4.78 is 6.34. The number of fused-ring (bicyclic) bond motifs is 2. The predicted octanol–water partition coefficient (Wildman–Crippen LogP) is 3.25. The molecule has 0 spiro atoms. The number of rotatable bonds is 1. The lowest BCUT2D eigenvalue weighted by Crippen LogP contribution is -2.61. The standard InChI is InChI=1S/C20H34O4/c1-15-7-6-10-18(4,22)11-13-20(17(2,3)21)14-12-19(5,23)16(24-20)9-8-15/h7,11,13,16,21-23H,6,8-10,12,14H2,1-5H3/b13-11+,15-7+/t16-,18-,19+,20+/m0/s1. The van der Waals surface area contributed by atoms with Crippen LogP contribution in [0, 0.1) is 0 Å². The van der Waals surface area contributed by atoms with E-state index in [0.717, 1.165) is 19.3 Å². The van der Waals surface area contributed by atoms with Crippen molar-refractivity contribution >= 4 is 0 Å². The van der Waals surface area contributed by atoms with E-state index < -0.39 is 22.4 Å². The zero-order chi connectivity index (χ0) is 18.2. The molecule has 3 N–H and O–H groups in total. The summed E-state index contributed by atoms with van der Waals surface area (Å²) >= 11 is 0. The fourth-order valence-electron chi connectivity index (χ4n) is 3.66. The van der Waals surface area contributed by atoms with E-state index in [4.69, 9.17) is 4.74 Å². The summed E-state index contributed by atoms with van der Waals surface area (Å²) in [6.07, 6.45) is 9.45. The van der Waals surface area contributed by atoms with Gasteiger partial charge in [-0.05, 0) is 73.1 Å². The second kappa shape index (κ2) is 6.56. The molecule has 2 rings (SSSR count). The molecule has 4 atom stereocenters. The highest BCUT2D eigenvalue weighted by Gasteiger charge is 2.52. The summed E-state index contributed by atoms with van der Waals surface area (Å²) in [6.45, 7) is 9.15. The molecule has 0 amide bonds. The van der Waals surface area contributed by atoms with Crippen molar-refractivity contribution in [2.75, 3.05) is 0 Å². The molecule has 4 heteroatoms. The lowest BCUT2D eigenvalue weighted by Gasteiger charge is -2.52. The van der Waals surface area contributed by atoms with Gasteiger partial charge in [0.15, 0.2) is 0 Å². The van der Waals surface area contributed by atoms with Gasteiger partial charge in [0, 0.05) is 0 Å². The Balaban J connectivity index is 2.44. The van der Waals surface area contributed by atoms with E-state index in [1.165, 1.54) is 5.57 Å². The van der Waals surface area contributed by atoms with Gasteiger partial charge in [-0.1, -0.05) is 23.8 Å². The lowest BCUT2D eigenvalue weighted by atomic mass is 9.73. The van der Waals surface area contributed by atoms with Crippen molar-refractivity contribution in [3.8, 4) is 0 Å². The lowest BCUT2D eigenvalue weighted by molar-refractivity contribution is -0.246. The van der Waals surface area contributed by atoms with Gasteiger partial charge in [-0.3, -0.25) is 0 Å². The zero-order valence-corrected chi connectivity index (χ0v) is 15.8. The Hall–Kier alpha value is -0.680. The van der Waals surface area contributed by atoms with Crippen molar-refractivity contribution in [2.24, 2.45) is 0 Å². The molecule has 0 aliphatic carbocycles. The average molecular weight is 338 g/mol. The molecule has 0 saturated carbocycles. The summed E-state index contributed by atoms with van der Waals surface area (Å²) in [4.78, 5) is 0. The first kappa shape index (κ1) is 19.6. The monoisotopic (exact) mass is 338 g/mol. The van der Waals surface area contributed by atoms with Gasteiger partial charge in [0.05, 0.1) is 22.9 Å². The van der Waals surface area contributed by atoms with Crippen LogP contribution in [0.3, 0.4) is 0 Å². The minimum Gasteiger partial charge on any atom is -0.387 e. The molecule has 1 saturated heterocycles. The summed E-state index contributed by atoms with van der Waals surface area (Å²) in [5.74, 6) is 0. The number of aliphatic hydroxyl groups is 3. The SMILES string of the molecule is C/C1=C\CC[C@](C)(O)/C=C/[C@]2(C(C)(C)O)CC[C@@](C)(O)[C@H](CC1)O2. The van der Waals surface area contributed by atoms with Gasteiger partial charge >= 0.3 is 0 Å². The Bertz CT molecular complexity index is 510. The maximum atomic E-state index is 10.8. The molecule has 0 radical (unpaired) electrons. The van der Waals surface area contributed by atoms with E-state index in [1.54, 1.807) is 26.8 Å². The highest BCUT2D eigenvalue weighted by Crippen LogP contribution is 2.44. The smallest absolute Gasteiger partial charge is 0.115 e. The Morgan fingerprint density at radius 1 is 1.12 bits per heavy atom. The maximum Gasteiger partial charge on any atom is 0.115 e. The Labute approximate surface area is 146 Å². The van der Waals surface area contributed by atoms with Crippen LogP contribution in [0.4, 0.5) is 0 Å². The van der Waals surface area contributed by atoms with Crippen LogP contribution in [0.2, 0.25) is 0 Å². The molecule has 0 aromatic carbocycles. The maximum absolute atomic E-state index is 10.8. The normalized spacial score (nSPS) is 45.5. The molecule has 24 heavy (non-hydrogen) atoms. The fraction of sp³-hybridized carbons (Fsp3) is 0.800. The van der Waals surface area contributed by atoms with Crippen molar-refractivity contribution in [1.29, 1.82) is 0 Å². The van der Waals surface area contributed by atoms with E-state index >= 15 is 0 Å². The highest BCUT2D eigenvalue weighted by molar-refractivity contribution is 5.18. The number of allylic oxidation sites excluding steroid dienone is 2. The minimum atomic E-state index is -1.11. The third-order valence-corrected chi connectivity index (χ3v) is 5.74. The first-order valence-electron chi connectivity index (χ1n) is 9.08. The quantitative estimate of drug-likeness (QED) is 0.642. The zero-order valence-electron chi connectivity index (χ0n) is 15.8. The topological polar surface area (TPSA) is 69.9 Å². The largest absolute Gasteiger partial charge is 0.387 e. The molecule has 0 aromatic heterocycles. The summed E-state index contributed by atoms with van der Waals surface area (Å²) in [5.41, 5.74) is -2.62. The summed E-state index contributed by atoms with van der Waals surface area (Å²) in [6, 6.07) is 0. The minimum absolute atomic E-state index is 0.352. The van der Waals surface area contributed by atoms with Gasteiger partial charge in [-0.2, -0.15) is 0 Å². The molecule has 1 fully saturated rings. The van der Waals surface area contributed by atoms with Gasteiger partial charge < -0.3 is 20.1 Å². The number of hydrogen-bond acceptors (Lipinski definition) is 4. The molecule has 0 aromatic rings. The molecule has 2 aliphatic rings. The van der Waals surface area contributed by atoms with Crippen molar-refractivity contribution in [1.82, 2.24) is 0 Å². The van der Waals surface area contributed by atoms with Crippen LogP contribution >= 0.6 is 0 Å². The van der Waals surface area contributed by atoms with E-state index in [0.29, 0.717) is 19.3 Å². The van der Waals surface area contributed by atoms with Crippen LogP contribution in [-0.4, -0.2) is 43.8 Å². The number of hydrogen-bond donors (Lipinski definition) is 3. The first-order chi connectivity index (χ1) is 10.9. The van der Waals surface area contributed by atoms with Gasteiger partial charge in [-0.15, -0.1) is 0 Å². The van der Waals surface area contributed by atoms with Crippen LogP contribution in [0.25, 0.3) is 0 Å². The molecule has 4 nitrogen and oxygen atoms in total. The van der Waals surface area contributed by atoms with Crippen molar-refractivity contribution in [2.45, 2.75) is 102 Å². The molecule has 2 aliphatic heterocycles. The summed E-state index contributed by atoms with van der Waals surface area (Å²) in [5, 5.41) is 32.2. The van der Waals surface area contributed by atoms with Gasteiger partial charge in [-0.25, -0.2) is 0 Å². The molecule has 2 heterocycles. The fourth-order valence-corrected chi connectivity index (χ4v) is 3.66. The Kier molecular flexibility index (Phi) is 5.37. The van der Waals surface area contributed by atoms with Gasteiger partial charge in [0.2, 0.25) is 0 Å². The molecule has 0 unspecified atom stereocenters. The van der Waals surface area contributed by atoms with Crippen molar-refractivity contribution in [3.63, 3.8) is 0 Å². The van der Waals surface area contributed by atoms with Crippen LogP contribution in [0.1, 0.15) is 73.1 Å². The molecular weight excluding hydrogens is 304 g/mol. The van der Waals surface area contributed by atoms with E-state index in [-0.39, 0.29) is 6.10 Å². The third kappa shape index (κ3) is 4.29.